The second-order valence-corrected chi connectivity index (χ2v) is 18.1. The number of benzene rings is 8. The van der Waals surface area contributed by atoms with Crippen molar-refractivity contribution >= 4 is 39.0 Å². The second kappa shape index (κ2) is 13.2. The molecule has 5 aliphatic carbocycles. The number of rotatable bonds is 6. The van der Waals surface area contributed by atoms with Gasteiger partial charge >= 0.3 is 0 Å². The van der Waals surface area contributed by atoms with Crippen LogP contribution in [-0.2, 0) is 5.41 Å². The van der Waals surface area contributed by atoms with Crippen LogP contribution < -0.4 is 4.90 Å². The van der Waals surface area contributed by atoms with Gasteiger partial charge in [-0.2, -0.15) is 0 Å². The smallest absolute Gasteiger partial charge is 0.159 e. The number of hydrogen-bond acceptors (Lipinski definition) is 2. The van der Waals surface area contributed by atoms with Gasteiger partial charge < -0.3 is 9.32 Å². The van der Waals surface area contributed by atoms with Crippen LogP contribution in [0.25, 0.3) is 66.4 Å². The van der Waals surface area contributed by atoms with E-state index in [1.807, 2.05) is 6.07 Å². The summed E-state index contributed by atoms with van der Waals surface area (Å²) in [4.78, 5) is 2.33. The molecule has 4 saturated carbocycles. The van der Waals surface area contributed by atoms with Crippen LogP contribution >= 0.6 is 0 Å². The average Bonchev–Trinajstić information content (AvgIpc) is 3.84. The average molecular weight is 772 g/mol. The lowest BCUT2D eigenvalue weighted by Gasteiger charge is -2.61. The van der Waals surface area contributed by atoms with Crippen LogP contribution in [0.1, 0.15) is 43.2 Å². The number of hydrogen-bond donors (Lipinski definition) is 0. The predicted octanol–water partition coefficient (Wildman–Crippen LogP) is 15.8. The summed E-state index contributed by atoms with van der Waals surface area (Å²) < 4.78 is 6.61. The Bertz CT molecular complexity index is 3050. The largest absolute Gasteiger partial charge is 0.454 e. The zero-order valence-electron chi connectivity index (χ0n) is 33.6. The summed E-state index contributed by atoms with van der Waals surface area (Å²) in [5.41, 5.74) is 18.9. The van der Waals surface area contributed by atoms with E-state index >= 15 is 0 Å². The van der Waals surface area contributed by atoms with Gasteiger partial charge in [0.15, 0.2) is 5.58 Å². The fourth-order valence-electron chi connectivity index (χ4n) is 12.9. The van der Waals surface area contributed by atoms with Gasteiger partial charge in [0.25, 0.3) is 0 Å². The van der Waals surface area contributed by atoms with E-state index in [4.69, 9.17) is 4.42 Å². The molecule has 5 aliphatic rings. The van der Waals surface area contributed by atoms with Crippen LogP contribution in [0, 0.1) is 23.7 Å². The molecule has 2 nitrogen and oxygen atoms in total. The molecular formula is C58H45NO. The van der Waals surface area contributed by atoms with E-state index in [1.54, 1.807) is 11.1 Å². The normalized spacial score (nSPS) is 22.1. The van der Waals surface area contributed by atoms with Crippen LogP contribution in [0.5, 0.6) is 0 Å². The Labute approximate surface area is 351 Å². The van der Waals surface area contributed by atoms with E-state index in [1.165, 1.54) is 76.6 Å². The number of anilines is 3. The molecule has 4 bridgehead atoms. The van der Waals surface area contributed by atoms with Gasteiger partial charge in [-0.15, -0.1) is 0 Å². The van der Waals surface area contributed by atoms with Crippen molar-refractivity contribution < 1.29 is 4.42 Å². The van der Waals surface area contributed by atoms with Gasteiger partial charge in [-0.05, 0) is 148 Å². The van der Waals surface area contributed by atoms with Crippen molar-refractivity contribution in [3.8, 4) is 44.5 Å². The van der Waals surface area contributed by atoms with Gasteiger partial charge in [-0.25, -0.2) is 0 Å². The van der Waals surface area contributed by atoms with Gasteiger partial charge in [0.2, 0.25) is 0 Å². The summed E-state index contributed by atoms with van der Waals surface area (Å²) >= 11 is 0. The maximum atomic E-state index is 6.61. The van der Waals surface area contributed by atoms with Gasteiger partial charge in [-0.1, -0.05) is 152 Å². The fourth-order valence-corrected chi connectivity index (χ4v) is 12.9. The van der Waals surface area contributed by atoms with E-state index < -0.39 is 0 Å². The fraction of sp³-hybridized carbons (Fsp3) is 0.172. The molecule has 1 spiro atoms. The highest BCUT2D eigenvalue weighted by Gasteiger charge is 2.62. The third-order valence-corrected chi connectivity index (χ3v) is 15.1. The molecule has 0 atom stereocenters. The Morgan fingerprint density at radius 1 is 0.400 bits per heavy atom. The first-order valence-electron chi connectivity index (χ1n) is 22.0. The molecular weight excluding hydrogens is 727 g/mol. The molecule has 1 heterocycles. The van der Waals surface area contributed by atoms with Crippen LogP contribution in [0.15, 0.2) is 192 Å². The third kappa shape index (κ3) is 5.00. The molecule has 8 aromatic carbocycles. The maximum absolute atomic E-state index is 6.61. The molecule has 0 unspecified atom stereocenters. The summed E-state index contributed by atoms with van der Waals surface area (Å²) in [5, 5.41) is 2.25. The Morgan fingerprint density at radius 2 is 0.917 bits per heavy atom. The van der Waals surface area contributed by atoms with Crippen molar-refractivity contribution in [3.05, 3.63) is 199 Å². The van der Waals surface area contributed by atoms with E-state index in [9.17, 15) is 0 Å². The van der Waals surface area contributed by atoms with E-state index in [0.29, 0.717) is 0 Å². The Kier molecular flexibility index (Phi) is 7.52. The van der Waals surface area contributed by atoms with Gasteiger partial charge in [0.05, 0.1) is 5.69 Å². The number of fused-ring (bicyclic) bond motifs is 6. The Balaban J connectivity index is 0.875. The number of furan rings is 1. The molecule has 9 aromatic rings. The Morgan fingerprint density at radius 3 is 1.62 bits per heavy atom. The Hall–Kier alpha value is -6.64. The molecule has 1 aromatic heterocycles. The first-order chi connectivity index (χ1) is 29.7. The topological polar surface area (TPSA) is 16.4 Å². The zero-order valence-corrected chi connectivity index (χ0v) is 33.6. The minimum absolute atomic E-state index is 0.144. The van der Waals surface area contributed by atoms with Crippen molar-refractivity contribution in [2.24, 2.45) is 23.7 Å². The minimum Gasteiger partial charge on any atom is -0.454 e. The molecule has 0 radical (unpaired) electrons. The first kappa shape index (κ1) is 34.2. The first-order valence-corrected chi connectivity index (χ1v) is 22.0. The summed E-state index contributed by atoms with van der Waals surface area (Å²) in [7, 11) is 0. The lowest BCUT2D eigenvalue weighted by molar-refractivity contribution is -0.0397. The van der Waals surface area contributed by atoms with Gasteiger partial charge in [-0.3, -0.25) is 0 Å². The summed E-state index contributed by atoms with van der Waals surface area (Å²) in [6.45, 7) is 0. The molecule has 288 valence electrons. The lowest BCUT2D eigenvalue weighted by atomic mass is 9.42. The summed E-state index contributed by atoms with van der Waals surface area (Å²) in [6.07, 6.45) is 7.06. The van der Waals surface area contributed by atoms with Crippen molar-refractivity contribution in [1.29, 1.82) is 0 Å². The third-order valence-electron chi connectivity index (χ3n) is 15.1. The van der Waals surface area contributed by atoms with Crippen molar-refractivity contribution in [2.75, 3.05) is 4.90 Å². The lowest BCUT2D eigenvalue weighted by Crippen LogP contribution is -2.55. The van der Waals surface area contributed by atoms with Crippen LogP contribution in [0.4, 0.5) is 17.1 Å². The summed E-state index contributed by atoms with van der Waals surface area (Å²) in [5.74, 6) is 3.35. The van der Waals surface area contributed by atoms with Crippen LogP contribution in [-0.4, -0.2) is 0 Å². The van der Waals surface area contributed by atoms with Crippen molar-refractivity contribution in [1.82, 2.24) is 0 Å². The van der Waals surface area contributed by atoms with Gasteiger partial charge in [0, 0.05) is 27.6 Å². The molecule has 0 amide bonds. The molecule has 2 heteroatoms. The quantitative estimate of drug-likeness (QED) is 0.167. The second-order valence-electron chi connectivity index (χ2n) is 18.1. The van der Waals surface area contributed by atoms with Gasteiger partial charge in [0.1, 0.15) is 5.58 Å². The zero-order chi connectivity index (χ0) is 39.4. The molecule has 4 fully saturated rings. The molecule has 0 saturated heterocycles. The van der Waals surface area contributed by atoms with E-state index in [0.717, 1.165) is 62.7 Å². The number of para-hydroxylation sites is 2. The highest BCUT2D eigenvalue weighted by atomic mass is 16.3. The highest BCUT2D eigenvalue weighted by molar-refractivity contribution is 6.10. The minimum atomic E-state index is 0.144. The SMILES string of the molecule is c1ccc(-c2ccc(N(c3ccc(-c4ccc(-c5cccc6c5C5(c7ccccc7-6)C6CC7CC(C6)CC5C7)cc4)cc3)c3cccc4c3oc3ccccc34)cc2)cc1. The van der Waals surface area contributed by atoms with E-state index in [-0.39, 0.29) is 5.41 Å². The predicted molar refractivity (Wildman–Crippen MR) is 248 cm³/mol. The molecule has 60 heavy (non-hydrogen) atoms. The molecule has 0 N–H and O–H groups in total. The molecule has 0 aliphatic heterocycles. The standard InChI is InChI=1S/C58H45NO/c1-2-10-39(11-3-1)41-24-28-46(29-25-41)59(54-18-9-16-52-50-13-5-7-19-55(50)60-57(52)54)47-30-26-42(27-31-47)40-20-22-43(23-21-40)48-14-8-15-51-49-12-4-6-17-53(49)58(56(48)51)44-33-37-32-38(35-44)36-45(58)34-37/h1-31,37-38,44-45H,32-36H2. The number of nitrogens with zero attached hydrogens (tertiary/aromatic N) is 1. The van der Waals surface area contributed by atoms with E-state index in [2.05, 4.69) is 187 Å². The maximum Gasteiger partial charge on any atom is 0.159 e. The van der Waals surface area contributed by atoms with Crippen LogP contribution in [0.3, 0.4) is 0 Å². The van der Waals surface area contributed by atoms with Crippen molar-refractivity contribution in [3.63, 3.8) is 0 Å². The monoisotopic (exact) mass is 771 g/mol. The van der Waals surface area contributed by atoms with Crippen LogP contribution in [0.2, 0.25) is 0 Å². The van der Waals surface area contributed by atoms with Crippen molar-refractivity contribution in [2.45, 2.75) is 37.5 Å². The highest BCUT2D eigenvalue weighted by Crippen LogP contribution is 2.70. The summed E-state index contributed by atoms with van der Waals surface area (Å²) in [6, 6.07) is 69.4. The molecule has 14 rings (SSSR count).